The molecule has 0 N–H and O–H groups in total. The summed E-state index contributed by atoms with van der Waals surface area (Å²) in [7, 11) is 0. The first-order valence-electron chi connectivity index (χ1n) is 3.69. The first kappa shape index (κ1) is 8.30. The quantitative estimate of drug-likeness (QED) is 0.582. The molecule has 0 bridgehead atoms. The van der Waals surface area contributed by atoms with Crippen LogP contribution in [0.5, 0.6) is 0 Å². The Balaban J connectivity index is 2.78. The Morgan fingerprint density at radius 3 is 1.83 bits per heavy atom. The fourth-order valence-electron chi connectivity index (χ4n) is 1.00. The van der Waals surface area contributed by atoms with E-state index in [1.807, 2.05) is 48.6 Å². The van der Waals surface area contributed by atoms with E-state index in [9.17, 15) is 0 Å². The molecule has 0 aliphatic heterocycles. The second-order valence-electron chi connectivity index (χ2n) is 2.47. The molecule has 0 spiro atoms. The number of allylic oxidation sites excluding steroid dienone is 6. The summed E-state index contributed by atoms with van der Waals surface area (Å²) in [5.41, 5.74) is 0. The van der Waals surface area contributed by atoms with Crippen molar-refractivity contribution >= 4 is 0 Å². The Labute approximate surface area is 71.7 Å². The first-order valence-corrected chi connectivity index (χ1v) is 3.69. The summed E-state index contributed by atoms with van der Waals surface area (Å²) in [6.45, 7) is 0. The maximum Gasteiger partial charge on any atom is 0.143 e. The lowest BCUT2D eigenvalue weighted by molar-refractivity contribution is 0.702. The van der Waals surface area contributed by atoms with Crippen LogP contribution < -0.4 is 0 Å². The molecule has 1 rings (SSSR count). The molecule has 0 saturated carbocycles. The van der Waals surface area contributed by atoms with E-state index in [4.69, 9.17) is 10.5 Å². The van der Waals surface area contributed by atoms with Crippen LogP contribution >= 0.6 is 0 Å². The van der Waals surface area contributed by atoms with Gasteiger partial charge < -0.3 is 0 Å². The molecule has 1 aliphatic rings. The number of nitriles is 2. The number of hydrogen-bond acceptors (Lipinski definition) is 2. The van der Waals surface area contributed by atoms with E-state index >= 15 is 0 Å². The van der Waals surface area contributed by atoms with Crippen molar-refractivity contribution < 1.29 is 0 Å². The number of nitrogens with zero attached hydrogens (tertiary/aromatic N) is 2. The zero-order valence-electron chi connectivity index (χ0n) is 6.51. The first-order chi connectivity index (χ1) is 5.88. The van der Waals surface area contributed by atoms with Gasteiger partial charge in [0, 0.05) is 5.92 Å². The van der Waals surface area contributed by atoms with Crippen LogP contribution in [0, 0.1) is 34.5 Å². The van der Waals surface area contributed by atoms with Gasteiger partial charge in [0.2, 0.25) is 0 Å². The average molecular weight is 156 g/mol. The van der Waals surface area contributed by atoms with E-state index in [0.717, 1.165) is 0 Å². The van der Waals surface area contributed by atoms with E-state index in [1.54, 1.807) is 0 Å². The maximum atomic E-state index is 8.61. The van der Waals surface area contributed by atoms with Crippen LogP contribution in [0.25, 0.3) is 0 Å². The Hall–Kier alpha value is -1.80. The lowest BCUT2D eigenvalue weighted by Gasteiger charge is -2.04. The van der Waals surface area contributed by atoms with Gasteiger partial charge in [-0.25, -0.2) is 0 Å². The van der Waals surface area contributed by atoms with E-state index in [1.165, 1.54) is 0 Å². The van der Waals surface area contributed by atoms with Gasteiger partial charge in [0.15, 0.2) is 0 Å². The molecule has 0 saturated heterocycles. The Morgan fingerprint density at radius 1 is 0.917 bits per heavy atom. The predicted molar refractivity (Wildman–Crippen MR) is 45.6 cm³/mol. The van der Waals surface area contributed by atoms with Crippen LogP contribution in [0.2, 0.25) is 0 Å². The van der Waals surface area contributed by atoms with Crippen molar-refractivity contribution in [3.05, 3.63) is 36.5 Å². The predicted octanol–water partition coefficient (Wildman–Crippen LogP) is 1.95. The molecule has 2 nitrogen and oxygen atoms in total. The van der Waals surface area contributed by atoms with Gasteiger partial charge in [-0.05, 0) is 0 Å². The summed E-state index contributed by atoms with van der Waals surface area (Å²) in [5.74, 6) is -0.646. The summed E-state index contributed by atoms with van der Waals surface area (Å²) in [4.78, 5) is 0. The van der Waals surface area contributed by atoms with Crippen LogP contribution in [0.3, 0.4) is 0 Å². The van der Waals surface area contributed by atoms with Gasteiger partial charge in [0.1, 0.15) is 5.92 Å². The largest absolute Gasteiger partial charge is 0.197 e. The fourth-order valence-corrected chi connectivity index (χ4v) is 1.00. The zero-order valence-corrected chi connectivity index (χ0v) is 6.51. The standard InChI is InChI=1S/C10H8N2/c11-7-10(8-12)9-5-3-1-2-4-6-9/h1-6,9-10H. The molecule has 0 heterocycles. The van der Waals surface area contributed by atoms with Gasteiger partial charge >= 0.3 is 0 Å². The lowest BCUT2D eigenvalue weighted by atomic mass is 9.94. The summed E-state index contributed by atoms with van der Waals surface area (Å²) >= 11 is 0. The molecule has 0 aromatic heterocycles. The highest BCUT2D eigenvalue weighted by molar-refractivity contribution is 5.24. The summed E-state index contributed by atoms with van der Waals surface area (Å²) < 4.78 is 0. The molecule has 0 aromatic rings. The highest BCUT2D eigenvalue weighted by Crippen LogP contribution is 2.15. The molecule has 0 fully saturated rings. The van der Waals surface area contributed by atoms with Crippen molar-refractivity contribution in [1.82, 2.24) is 0 Å². The second-order valence-corrected chi connectivity index (χ2v) is 2.47. The molecule has 0 radical (unpaired) electrons. The highest BCUT2D eigenvalue weighted by Gasteiger charge is 2.14. The van der Waals surface area contributed by atoms with Crippen molar-refractivity contribution in [1.29, 1.82) is 10.5 Å². The van der Waals surface area contributed by atoms with Crippen LogP contribution in [0.15, 0.2) is 36.5 Å². The minimum Gasteiger partial charge on any atom is -0.197 e. The Bertz CT molecular complexity index is 280. The van der Waals surface area contributed by atoms with Gasteiger partial charge in [-0.1, -0.05) is 36.5 Å². The molecule has 0 atom stereocenters. The minimum atomic E-state index is -0.572. The van der Waals surface area contributed by atoms with Crippen LogP contribution in [0.4, 0.5) is 0 Å². The third kappa shape index (κ3) is 1.84. The van der Waals surface area contributed by atoms with Crippen molar-refractivity contribution in [2.45, 2.75) is 0 Å². The molecule has 2 heteroatoms. The molecule has 1 aliphatic carbocycles. The van der Waals surface area contributed by atoms with Crippen molar-refractivity contribution in [2.75, 3.05) is 0 Å². The molecular weight excluding hydrogens is 148 g/mol. The van der Waals surface area contributed by atoms with Gasteiger partial charge in [-0.3, -0.25) is 0 Å². The molecule has 0 unspecified atom stereocenters. The average Bonchev–Trinajstić information content (AvgIpc) is 2.35. The summed E-state index contributed by atoms with van der Waals surface area (Å²) in [6.07, 6.45) is 11.2. The molecule has 12 heavy (non-hydrogen) atoms. The van der Waals surface area contributed by atoms with E-state index in [0.29, 0.717) is 0 Å². The topological polar surface area (TPSA) is 47.6 Å². The number of hydrogen-bond donors (Lipinski definition) is 0. The summed E-state index contributed by atoms with van der Waals surface area (Å²) in [6, 6.07) is 3.92. The van der Waals surface area contributed by atoms with Crippen LogP contribution in [-0.2, 0) is 0 Å². The smallest absolute Gasteiger partial charge is 0.143 e. The van der Waals surface area contributed by atoms with Crippen molar-refractivity contribution in [3.63, 3.8) is 0 Å². The zero-order chi connectivity index (χ0) is 8.81. The Morgan fingerprint density at radius 2 is 1.42 bits per heavy atom. The van der Waals surface area contributed by atoms with Crippen LogP contribution in [0.1, 0.15) is 0 Å². The Kier molecular flexibility index (Phi) is 2.87. The van der Waals surface area contributed by atoms with Crippen molar-refractivity contribution in [3.8, 4) is 12.1 Å². The monoisotopic (exact) mass is 156 g/mol. The van der Waals surface area contributed by atoms with Gasteiger partial charge in [0.05, 0.1) is 12.1 Å². The molecule has 58 valence electrons. The lowest BCUT2D eigenvalue weighted by Crippen LogP contribution is -2.05. The molecule has 0 aromatic carbocycles. The van der Waals surface area contributed by atoms with Gasteiger partial charge in [-0.2, -0.15) is 10.5 Å². The van der Waals surface area contributed by atoms with Gasteiger partial charge in [0.25, 0.3) is 0 Å². The maximum absolute atomic E-state index is 8.61. The molecule has 0 amide bonds. The summed E-state index contributed by atoms with van der Waals surface area (Å²) in [5, 5.41) is 17.2. The normalized spacial score (nSPS) is 15.6. The minimum absolute atomic E-state index is 0.0741. The fraction of sp³-hybridized carbons (Fsp3) is 0.200. The SMILES string of the molecule is N#CC(C#N)C1C=CC=CC=C1. The van der Waals surface area contributed by atoms with E-state index in [-0.39, 0.29) is 5.92 Å². The molecular formula is C10H8N2. The number of rotatable bonds is 1. The highest BCUT2D eigenvalue weighted by atomic mass is 14.3. The van der Waals surface area contributed by atoms with Gasteiger partial charge in [-0.15, -0.1) is 0 Å². The van der Waals surface area contributed by atoms with Crippen molar-refractivity contribution in [2.24, 2.45) is 11.8 Å². The second kappa shape index (κ2) is 4.16. The van der Waals surface area contributed by atoms with E-state index < -0.39 is 5.92 Å². The van der Waals surface area contributed by atoms with E-state index in [2.05, 4.69) is 0 Å². The third-order valence-corrected chi connectivity index (χ3v) is 1.66. The third-order valence-electron chi connectivity index (χ3n) is 1.66. The van der Waals surface area contributed by atoms with Crippen LogP contribution in [-0.4, -0.2) is 0 Å².